The van der Waals surface area contributed by atoms with Gasteiger partial charge < -0.3 is 9.47 Å². The molecule has 0 N–H and O–H groups in total. The zero-order valence-electron chi connectivity index (χ0n) is 13.6. The van der Waals surface area contributed by atoms with Crippen LogP contribution in [0, 0.1) is 25.7 Å². The van der Waals surface area contributed by atoms with E-state index in [9.17, 15) is 4.79 Å². The van der Waals surface area contributed by atoms with Crippen LogP contribution >= 0.6 is 0 Å². The molecule has 0 aliphatic heterocycles. The Balaban J connectivity index is 2.38. The highest BCUT2D eigenvalue weighted by Crippen LogP contribution is 2.45. The number of ether oxygens (including phenoxy) is 2. The van der Waals surface area contributed by atoms with Crippen molar-refractivity contribution >= 4 is 0 Å². The second-order valence-electron chi connectivity index (χ2n) is 5.76. The van der Waals surface area contributed by atoms with Crippen molar-refractivity contribution in [3.63, 3.8) is 0 Å². The van der Waals surface area contributed by atoms with Crippen LogP contribution in [0.25, 0.3) is 11.1 Å². The Kier molecular flexibility index (Phi) is 3.70. The summed E-state index contributed by atoms with van der Waals surface area (Å²) in [7, 11) is 3.30. The van der Waals surface area contributed by atoms with E-state index in [1.165, 1.54) is 0 Å². The first kappa shape index (κ1) is 14.7. The topological polar surface area (TPSA) is 35.5 Å². The van der Waals surface area contributed by atoms with Gasteiger partial charge in [0.2, 0.25) is 0 Å². The molecular weight excluding hydrogens is 276 g/mol. The van der Waals surface area contributed by atoms with Crippen LogP contribution in [0.1, 0.15) is 41.5 Å². The normalized spacial score (nSPS) is 13.8. The van der Waals surface area contributed by atoms with Crippen molar-refractivity contribution in [2.24, 2.45) is 0 Å². The molecule has 3 nitrogen and oxygen atoms in total. The fraction of sp³-hybridized carbons (Fsp3) is 0.421. The Labute approximate surface area is 130 Å². The summed E-state index contributed by atoms with van der Waals surface area (Å²) in [5.74, 6) is 7.96. The van der Waals surface area contributed by atoms with E-state index in [-0.39, 0.29) is 5.43 Å². The van der Waals surface area contributed by atoms with Crippen LogP contribution in [0.2, 0.25) is 0 Å². The zero-order chi connectivity index (χ0) is 15.9. The molecule has 114 valence electrons. The maximum atomic E-state index is 12.3. The zero-order valence-corrected chi connectivity index (χ0v) is 13.6. The van der Waals surface area contributed by atoms with Crippen LogP contribution in [-0.2, 0) is 6.42 Å². The van der Waals surface area contributed by atoms with Gasteiger partial charge in [-0.2, -0.15) is 0 Å². The largest absolute Gasteiger partial charge is 0.496 e. The van der Waals surface area contributed by atoms with E-state index in [2.05, 4.69) is 11.8 Å². The van der Waals surface area contributed by atoms with Gasteiger partial charge in [-0.15, -0.1) is 0 Å². The van der Waals surface area contributed by atoms with Crippen molar-refractivity contribution in [2.45, 2.75) is 39.5 Å². The van der Waals surface area contributed by atoms with Gasteiger partial charge in [-0.25, -0.2) is 0 Å². The van der Waals surface area contributed by atoms with Crippen molar-refractivity contribution in [3.05, 3.63) is 32.5 Å². The lowest BCUT2D eigenvalue weighted by atomic mass is 9.94. The second-order valence-corrected chi connectivity index (χ2v) is 5.76. The van der Waals surface area contributed by atoms with Crippen molar-refractivity contribution in [1.29, 1.82) is 0 Å². The third-order valence-corrected chi connectivity index (χ3v) is 4.54. The van der Waals surface area contributed by atoms with E-state index in [0.717, 1.165) is 70.6 Å². The van der Waals surface area contributed by atoms with Crippen LogP contribution in [0.15, 0.2) is 4.79 Å². The molecule has 0 fully saturated rings. The van der Waals surface area contributed by atoms with E-state index in [0.29, 0.717) is 0 Å². The summed E-state index contributed by atoms with van der Waals surface area (Å²) in [5, 5.41) is 0. The van der Waals surface area contributed by atoms with Crippen LogP contribution in [0.4, 0.5) is 0 Å². The van der Waals surface area contributed by atoms with Gasteiger partial charge in [0, 0.05) is 23.1 Å². The minimum Gasteiger partial charge on any atom is -0.496 e. The molecule has 3 heteroatoms. The molecule has 22 heavy (non-hydrogen) atoms. The molecule has 0 bridgehead atoms. The third-order valence-electron chi connectivity index (χ3n) is 4.54. The molecule has 0 saturated heterocycles. The number of fused-ring (bicyclic) bond motifs is 3. The van der Waals surface area contributed by atoms with Crippen LogP contribution < -0.4 is 14.9 Å². The van der Waals surface area contributed by atoms with Gasteiger partial charge in [0.05, 0.1) is 19.8 Å². The number of benzene rings is 1. The molecular formula is C19H20O3. The Bertz CT molecular complexity index is 808. The molecule has 1 aliphatic carbocycles. The maximum absolute atomic E-state index is 12.3. The summed E-state index contributed by atoms with van der Waals surface area (Å²) >= 11 is 0. The summed E-state index contributed by atoms with van der Waals surface area (Å²) in [6.07, 6.45) is 3.72. The fourth-order valence-electron chi connectivity index (χ4n) is 3.19. The molecule has 0 aromatic heterocycles. The molecule has 0 heterocycles. The van der Waals surface area contributed by atoms with Gasteiger partial charge >= 0.3 is 0 Å². The minimum absolute atomic E-state index is 0.161. The molecule has 0 amide bonds. The lowest BCUT2D eigenvalue weighted by molar-refractivity contribution is 0.398. The highest BCUT2D eigenvalue weighted by Gasteiger charge is 2.31. The Morgan fingerprint density at radius 3 is 2.32 bits per heavy atom. The Morgan fingerprint density at radius 1 is 0.955 bits per heavy atom. The number of methoxy groups -OCH3 is 2. The van der Waals surface area contributed by atoms with E-state index < -0.39 is 0 Å². The van der Waals surface area contributed by atoms with Crippen LogP contribution in [-0.4, -0.2) is 14.2 Å². The number of hydrogen-bond acceptors (Lipinski definition) is 3. The Hall–Kier alpha value is -2.21. The first-order valence-electron chi connectivity index (χ1n) is 7.64. The third kappa shape index (κ3) is 2.11. The van der Waals surface area contributed by atoms with Crippen molar-refractivity contribution in [2.75, 3.05) is 14.2 Å². The smallest absolute Gasteiger partial charge is 0.190 e. The highest BCUT2D eigenvalue weighted by atomic mass is 16.5. The molecule has 3 rings (SSSR count). The molecule has 0 radical (unpaired) electrons. The fourth-order valence-corrected chi connectivity index (χ4v) is 3.19. The van der Waals surface area contributed by atoms with Crippen LogP contribution in [0.3, 0.4) is 0 Å². The highest BCUT2D eigenvalue weighted by molar-refractivity contribution is 5.89. The molecule has 2 aromatic carbocycles. The monoisotopic (exact) mass is 296 g/mol. The average Bonchev–Trinajstić information content (AvgIpc) is 3.15. The molecule has 0 saturated carbocycles. The van der Waals surface area contributed by atoms with Gasteiger partial charge in [-0.3, -0.25) is 4.79 Å². The first-order chi connectivity index (χ1) is 10.6. The van der Waals surface area contributed by atoms with Crippen molar-refractivity contribution < 1.29 is 9.47 Å². The predicted molar refractivity (Wildman–Crippen MR) is 87.5 cm³/mol. The summed E-state index contributed by atoms with van der Waals surface area (Å²) in [6.45, 7) is 4.00. The van der Waals surface area contributed by atoms with E-state index >= 15 is 0 Å². The van der Waals surface area contributed by atoms with Gasteiger partial charge in [0.15, 0.2) is 5.43 Å². The molecule has 0 spiro atoms. The lowest BCUT2D eigenvalue weighted by Gasteiger charge is -2.18. The van der Waals surface area contributed by atoms with E-state index in [1.54, 1.807) is 14.2 Å². The molecule has 1 aliphatic rings. The molecule has 0 unspecified atom stereocenters. The van der Waals surface area contributed by atoms with E-state index in [4.69, 9.17) is 9.47 Å². The van der Waals surface area contributed by atoms with Crippen LogP contribution in [0.5, 0.6) is 11.5 Å². The number of rotatable bonds is 2. The second kappa shape index (κ2) is 5.53. The van der Waals surface area contributed by atoms with Crippen molar-refractivity contribution in [3.8, 4) is 34.5 Å². The first-order valence-corrected chi connectivity index (χ1v) is 7.64. The molecule has 0 atom stereocenters. The number of hydrogen-bond donors (Lipinski definition) is 0. The minimum atomic E-state index is 0.161. The summed E-state index contributed by atoms with van der Waals surface area (Å²) in [5.41, 5.74) is 5.54. The summed E-state index contributed by atoms with van der Waals surface area (Å²) in [6, 6.07) is 0. The van der Waals surface area contributed by atoms with Gasteiger partial charge in [0.1, 0.15) is 11.5 Å². The quantitative estimate of drug-likeness (QED) is 0.798. The summed E-state index contributed by atoms with van der Waals surface area (Å²) < 4.78 is 11.2. The standard InChI is InChI=1S/C19H20O3/c1-11-12(2)19(22-4)16-14(18(11)21-3)10-8-6-5-7-9-13-15(16)17(13)20/h5-7,9H2,1-4H3. The van der Waals surface area contributed by atoms with Crippen molar-refractivity contribution in [1.82, 2.24) is 0 Å². The Morgan fingerprint density at radius 2 is 1.64 bits per heavy atom. The molecule has 2 aromatic rings. The van der Waals surface area contributed by atoms with Gasteiger partial charge in [-0.1, -0.05) is 11.8 Å². The maximum Gasteiger partial charge on any atom is 0.190 e. The van der Waals surface area contributed by atoms with Gasteiger partial charge in [0.25, 0.3) is 0 Å². The predicted octanol–water partition coefficient (Wildman–Crippen LogP) is 3.30. The SMILES string of the molecule is COc1c(C)c(C)c(OC)c2c1C#CCCCCc1c-2c1=O. The average molecular weight is 296 g/mol. The lowest BCUT2D eigenvalue weighted by Crippen LogP contribution is -2.02. The van der Waals surface area contributed by atoms with Gasteiger partial charge in [-0.05, 0) is 44.2 Å². The van der Waals surface area contributed by atoms with E-state index in [1.807, 2.05) is 13.8 Å². The summed E-state index contributed by atoms with van der Waals surface area (Å²) in [4.78, 5) is 12.3.